The minimum absolute atomic E-state index is 0.958. The Balaban J connectivity index is 4.30. The lowest BCUT2D eigenvalue weighted by Crippen LogP contribution is -2.48. The molecule has 0 aromatic carbocycles. The Kier molecular flexibility index (Phi) is 6.18. The maximum atomic E-state index is 11.7. The smallest absolute Gasteiger partial charge is 0.394 e. The molecule has 0 bridgehead atoms. The highest BCUT2D eigenvalue weighted by Crippen LogP contribution is 2.13. The highest BCUT2D eigenvalue weighted by atomic mass is 19.4. The van der Waals surface area contributed by atoms with Gasteiger partial charge in [-0.1, -0.05) is 0 Å². The molecular formula is C8H12F3NO6. The SMILES string of the molecule is O=C(CNC(=O)C(F)(F)F)[C@@H](O)[C@H](O)C(O)CO. The number of halogens is 3. The highest BCUT2D eigenvalue weighted by Gasteiger charge is 2.39. The average Bonchev–Trinajstić information content (AvgIpc) is 2.31. The number of aliphatic hydroxyl groups is 4. The zero-order valence-corrected chi connectivity index (χ0v) is 8.89. The molecule has 106 valence electrons. The Morgan fingerprint density at radius 1 is 1.17 bits per heavy atom. The van der Waals surface area contributed by atoms with Crippen molar-refractivity contribution >= 4 is 11.7 Å². The van der Waals surface area contributed by atoms with Crippen LogP contribution in [0.25, 0.3) is 0 Å². The first kappa shape index (κ1) is 16.8. The summed E-state index contributed by atoms with van der Waals surface area (Å²) < 4.78 is 35.2. The fourth-order valence-electron chi connectivity index (χ4n) is 0.881. The average molecular weight is 275 g/mol. The van der Waals surface area contributed by atoms with E-state index >= 15 is 0 Å². The number of amides is 1. The quantitative estimate of drug-likeness (QED) is 0.359. The van der Waals surface area contributed by atoms with Crippen LogP contribution in [0, 0.1) is 0 Å². The second-order valence-electron chi connectivity index (χ2n) is 3.33. The Hall–Kier alpha value is -1.23. The van der Waals surface area contributed by atoms with Gasteiger partial charge >= 0.3 is 12.1 Å². The van der Waals surface area contributed by atoms with Crippen LogP contribution in [0.4, 0.5) is 13.2 Å². The molecule has 18 heavy (non-hydrogen) atoms. The zero-order valence-electron chi connectivity index (χ0n) is 8.89. The van der Waals surface area contributed by atoms with Crippen molar-refractivity contribution in [2.45, 2.75) is 24.5 Å². The lowest BCUT2D eigenvalue weighted by atomic mass is 10.0. The van der Waals surface area contributed by atoms with E-state index in [0.717, 1.165) is 0 Å². The second-order valence-corrected chi connectivity index (χ2v) is 3.33. The molecule has 0 aromatic heterocycles. The molecule has 5 N–H and O–H groups in total. The highest BCUT2D eigenvalue weighted by molar-refractivity contribution is 5.90. The number of hydrogen-bond acceptors (Lipinski definition) is 6. The number of nitrogens with one attached hydrogen (secondary N) is 1. The molecule has 0 aliphatic rings. The summed E-state index contributed by atoms with van der Waals surface area (Å²) in [7, 11) is 0. The molecular weight excluding hydrogens is 263 g/mol. The predicted octanol–water partition coefficient (Wildman–Crippen LogP) is -2.69. The van der Waals surface area contributed by atoms with E-state index < -0.39 is 49.3 Å². The fraction of sp³-hybridized carbons (Fsp3) is 0.750. The van der Waals surface area contributed by atoms with Crippen molar-refractivity contribution in [3.63, 3.8) is 0 Å². The van der Waals surface area contributed by atoms with Crippen LogP contribution in [0.15, 0.2) is 0 Å². The summed E-state index contributed by atoms with van der Waals surface area (Å²) in [5.41, 5.74) is 0. The van der Waals surface area contributed by atoms with E-state index in [0.29, 0.717) is 0 Å². The first-order valence-corrected chi connectivity index (χ1v) is 4.64. The van der Waals surface area contributed by atoms with E-state index in [1.54, 1.807) is 0 Å². The van der Waals surface area contributed by atoms with Gasteiger partial charge in [0, 0.05) is 0 Å². The van der Waals surface area contributed by atoms with Crippen LogP contribution in [0.3, 0.4) is 0 Å². The molecule has 10 heteroatoms. The van der Waals surface area contributed by atoms with Crippen LogP contribution in [0.2, 0.25) is 0 Å². The number of Topliss-reactive ketones (excluding diaryl/α,β-unsaturated/α-hetero) is 1. The van der Waals surface area contributed by atoms with E-state index in [-0.39, 0.29) is 0 Å². The van der Waals surface area contributed by atoms with Crippen molar-refractivity contribution < 1.29 is 43.2 Å². The van der Waals surface area contributed by atoms with Crippen LogP contribution in [0.1, 0.15) is 0 Å². The van der Waals surface area contributed by atoms with Gasteiger partial charge in [0.15, 0.2) is 5.78 Å². The Bertz CT molecular complexity index is 308. The first-order chi connectivity index (χ1) is 8.11. The van der Waals surface area contributed by atoms with E-state index in [4.69, 9.17) is 20.4 Å². The van der Waals surface area contributed by atoms with Crippen molar-refractivity contribution in [3.8, 4) is 0 Å². The van der Waals surface area contributed by atoms with Gasteiger partial charge < -0.3 is 25.7 Å². The molecule has 0 aromatic rings. The zero-order chi connectivity index (χ0) is 14.5. The third-order valence-electron chi connectivity index (χ3n) is 1.92. The van der Waals surface area contributed by atoms with E-state index in [2.05, 4.69) is 0 Å². The van der Waals surface area contributed by atoms with Crippen molar-refractivity contribution in [2.24, 2.45) is 0 Å². The van der Waals surface area contributed by atoms with Crippen LogP contribution >= 0.6 is 0 Å². The summed E-state index contributed by atoms with van der Waals surface area (Å²) in [6.45, 7) is -2.13. The molecule has 0 spiro atoms. The van der Waals surface area contributed by atoms with Crippen molar-refractivity contribution in [3.05, 3.63) is 0 Å². The number of carbonyl (C=O) groups excluding carboxylic acids is 2. The summed E-state index contributed by atoms with van der Waals surface area (Å²) in [4.78, 5) is 21.4. The largest absolute Gasteiger partial charge is 0.471 e. The number of rotatable bonds is 6. The van der Waals surface area contributed by atoms with Gasteiger partial charge in [0.05, 0.1) is 13.2 Å². The van der Waals surface area contributed by atoms with Gasteiger partial charge in [0.2, 0.25) is 0 Å². The molecule has 3 atom stereocenters. The Morgan fingerprint density at radius 3 is 2.06 bits per heavy atom. The predicted molar refractivity (Wildman–Crippen MR) is 49.2 cm³/mol. The Labute approximate surface area is 98.8 Å². The standard InChI is InChI=1S/C8H12F3NO6/c9-8(10,11)7(18)12-1-3(14)5(16)6(17)4(15)2-13/h4-6,13,15-17H,1-2H2,(H,12,18)/t4?,5-,6-/m1/s1. The van der Waals surface area contributed by atoms with Gasteiger partial charge in [-0.25, -0.2) is 0 Å². The van der Waals surface area contributed by atoms with Crippen molar-refractivity contribution in [1.82, 2.24) is 5.32 Å². The number of alkyl halides is 3. The molecule has 0 aliphatic carbocycles. The van der Waals surface area contributed by atoms with Gasteiger partial charge in [-0.15, -0.1) is 0 Å². The topological polar surface area (TPSA) is 127 Å². The van der Waals surface area contributed by atoms with Gasteiger partial charge in [-0.3, -0.25) is 9.59 Å². The van der Waals surface area contributed by atoms with E-state index in [9.17, 15) is 22.8 Å². The molecule has 0 aliphatic heterocycles. The molecule has 7 nitrogen and oxygen atoms in total. The second kappa shape index (κ2) is 6.64. The fourth-order valence-corrected chi connectivity index (χ4v) is 0.881. The maximum absolute atomic E-state index is 11.7. The monoisotopic (exact) mass is 275 g/mol. The summed E-state index contributed by atoms with van der Waals surface area (Å²) in [6.07, 6.45) is -11.3. The maximum Gasteiger partial charge on any atom is 0.471 e. The Morgan fingerprint density at radius 2 is 1.67 bits per heavy atom. The van der Waals surface area contributed by atoms with Crippen LogP contribution < -0.4 is 5.32 Å². The van der Waals surface area contributed by atoms with Crippen molar-refractivity contribution in [2.75, 3.05) is 13.2 Å². The summed E-state index contributed by atoms with van der Waals surface area (Å²) in [5, 5.41) is 36.6. The van der Waals surface area contributed by atoms with Crippen LogP contribution in [-0.4, -0.2) is 69.8 Å². The number of hydrogen-bond donors (Lipinski definition) is 5. The normalized spacial score (nSPS) is 16.8. The molecule has 0 rings (SSSR count). The van der Waals surface area contributed by atoms with Crippen molar-refractivity contribution in [1.29, 1.82) is 0 Å². The summed E-state index contributed by atoms with van der Waals surface area (Å²) >= 11 is 0. The molecule has 1 unspecified atom stereocenters. The minimum atomic E-state index is -5.17. The molecule has 0 fully saturated rings. The third kappa shape index (κ3) is 4.96. The van der Waals surface area contributed by atoms with E-state index in [1.807, 2.05) is 0 Å². The van der Waals surface area contributed by atoms with Crippen LogP contribution in [0.5, 0.6) is 0 Å². The summed E-state index contributed by atoms with van der Waals surface area (Å²) in [5.74, 6) is -3.71. The molecule has 1 amide bonds. The lowest BCUT2D eigenvalue weighted by molar-refractivity contribution is -0.174. The molecule has 0 heterocycles. The molecule has 0 radical (unpaired) electrons. The van der Waals surface area contributed by atoms with Gasteiger partial charge in [0.1, 0.15) is 18.3 Å². The lowest BCUT2D eigenvalue weighted by Gasteiger charge is -2.20. The van der Waals surface area contributed by atoms with Crippen LogP contribution in [-0.2, 0) is 9.59 Å². The number of aliphatic hydroxyl groups excluding tert-OH is 4. The number of ketones is 1. The minimum Gasteiger partial charge on any atom is -0.394 e. The first-order valence-electron chi connectivity index (χ1n) is 4.64. The van der Waals surface area contributed by atoms with Gasteiger partial charge in [0.25, 0.3) is 0 Å². The van der Waals surface area contributed by atoms with E-state index in [1.165, 1.54) is 5.32 Å². The molecule has 0 saturated carbocycles. The van der Waals surface area contributed by atoms with Gasteiger partial charge in [-0.2, -0.15) is 13.2 Å². The summed E-state index contributed by atoms with van der Waals surface area (Å²) in [6, 6.07) is 0. The number of carbonyl (C=O) groups is 2. The molecule has 0 saturated heterocycles. The third-order valence-corrected chi connectivity index (χ3v) is 1.92. The van der Waals surface area contributed by atoms with Gasteiger partial charge in [-0.05, 0) is 0 Å².